The molecule has 0 atom stereocenters. The van der Waals surface area contributed by atoms with Gasteiger partial charge in [-0.3, -0.25) is 9.36 Å². The Labute approximate surface area is 179 Å². The molecule has 0 bridgehead atoms. The first-order chi connectivity index (χ1) is 14.6. The lowest BCUT2D eigenvalue weighted by Gasteiger charge is -2.17. The van der Waals surface area contributed by atoms with Gasteiger partial charge in [-0.2, -0.15) is 0 Å². The van der Waals surface area contributed by atoms with E-state index in [1.165, 1.54) is 11.8 Å². The van der Waals surface area contributed by atoms with Gasteiger partial charge in [0.2, 0.25) is 5.91 Å². The van der Waals surface area contributed by atoms with Crippen molar-refractivity contribution >= 4 is 23.4 Å². The summed E-state index contributed by atoms with van der Waals surface area (Å²) in [5.41, 5.74) is 2.99. The predicted octanol–water partition coefficient (Wildman–Crippen LogP) is 4.65. The zero-order valence-electron chi connectivity index (χ0n) is 16.9. The summed E-state index contributed by atoms with van der Waals surface area (Å²) in [6.45, 7) is 2.54. The number of rotatable bonds is 7. The van der Waals surface area contributed by atoms with E-state index in [0.717, 1.165) is 28.4 Å². The molecule has 0 aliphatic carbocycles. The Bertz CT molecular complexity index is 1120. The number of amides is 1. The van der Waals surface area contributed by atoms with Gasteiger partial charge in [0.05, 0.1) is 18.6 Å². The van der Waals surface area contributed by atoms with Crippen LogP contribution in [0.15, 0.2) is 82.6 Å². The molecule has 30 heavy (non-hydrogen) atoms. The maximum absolute atomic E-state index is 12.7. The fourth-order valence-electron chi connectivity index (χ4n) is 3.14. The third kappa shape index (κ3) is 4.31. The number of aromatic nitrogens is 3. The van der Waals surface area contributed by atoms with Crippen LogP contribution in [0.5, 0.6) is 0 Å². The largest absolute Gasteiger partial charge is 0.467 e. The van der Waals surface area contributed by atoms with Crippen LogP contribution in [-0.4, -0.2) is 33.5 Å². The number of furan rings is 1. The van der Waals surface area contributed by atoms with Gasteiger partial charge in [-0.15, -0.1) is 10.2 Å². The van der Waals surface area contributed by atoms with Crippen LogP contribution in [0.4, 0.5) is 5.69 Å². The minimum atomic E-state index is -0.00353. The minimum absolute atomic E-state index is 0.00353. The molecule has 2 aromatic carbocycles. The fraction of sp³-hybridized carbons (Fsp3) is 0.174. The van der Waals surface area contributed by atoms with Crippen molar-refractivity contribution in [1.82, 2.24) is 14.8 Å². The summed E-state index contributed by atoms with van der Waals surface area (Å²) in [5, 5.41) is 9.50. The molecule has 2 aromatic heterocycles. The van der Waals surface area contributed by atoms with Crippen molar-refractivity contribution in [3.05, 3.63) is 84.3 Å². The molecule has 4 rings (SSSR count). The third-order valence-electron chi connectivity index (χ3n) is 4.84. The molecule has 0 radical (unpaired) electrons. The first-order valence-corrected chi connectivity index (χ1v) is 10.6. The van der Waals surface area contributed by atoms with E-state index in [0.29, 0.717) is 11.7 Å². The number of para-hydroxylation sites is 1. The Kier molecular flexibility index (Phi) is 5.99. The lowest BCUT2D eigenvalue weighted by Crippen LogP contribution is -2.28. The Hall–Kier alpha value is -3.32. The van der Waals surface area contributed by atoms with Gasteiger partial charge in [0.1, 0.15) is 5.76 Å². The zero-order valence-corrected chi connectivity index (χ0v) is 17.7. The summed E-state index contributed by atoms with van der Waals surface area (Å²) in [4.78, 5) is 14.4. The highest BCUT2D eigenvalue weighted by Crippen LogP contribution is 2.27. The smallest absolute Gasteiger partial charge is 0.237 e. The number of hydrogen-bond donors (Lipinski definition) is 0. The molecule has 1 amide bonds. The highest BCUT2D eigenvalue weighted by molar-refractivity contribution is 7.99. The topological polar surface area (TPSA) is 64.2 Å². The summed E-state index contributed by atoms with van der Waals surface area (Å²) in [6.07, 6.45) is 1.65. The molecule has 0 aliphatic rings. The van der Waals surface area contributed by atoms with Gasteiger partial charge < -0.3 is 9.32 Å². The van der Waals surface area contributed by atoms with Crippen LogP contribution >= 0.6 is 11.8 Å². The van der Waals surface area contributed by atoms with E-state index in [1.54, 1.807) is 18.2 Å². The average molecular weight is 419 g/mol. The predicted molar refractivity (Wildman–Crippen MR) is 119 cm³/mol. The van der Waals surface area contributed by atoms with E-state index < -0.39 is 0 Å². The minimum Gasteiger partial charge on any atom is -0.467 e. The SMILES string of the molecule is Cc1ccccc1-c1nnc(SCC(=O)N(C)c2ccccc2)n1Cc1ccco1. The number of thioether (sulfide) groups is 1. The Morgan fingerprint density at radius 1 is 1.03 bits per heavy atom. The normalized spacial score (nSPS) is 10.9. The van der Waals surface area contributed by atoms with Gasteiger partial charge in [-0.1, -0.05) is 54.2 Å². The van der Waals surface area contributed by atoms with Crippen LogP contribution in [0.1, 0.15) is 11.3 Å². The molecule has 6 nitrogen and oxygen atoms in total. The molecule has 2 heterocycles. The second kappa shape index (κ2) is 9.00. The number of anilines is 1. The van der Waals surface area contributed by atoms with Crippen LogP contribution in [0.25, 0.3) is 11.4 Å². The Morgan fingerprint density at radius 3 is 2.53 bits per heavy atom. The molecule has 4 aromatic rings. The van der Waals surface area contributed by atoms with Crippen molar-refractivity contribution in [2.24, 2.45) is 0 Å². The third-order valence-corrected chi connectivity index (χ3v) is 5.79. The van der Waals surface area contributed by atoms with E-state index in [2.05, 4.69) is 10.2 Å². The number of nitrogens with zero attached hydrogens (tertiary/aromatic N) is 4. The van der Waals surface area contributed by atoms with Crippen LogP contribution in [-0.2, 0) is 11.3 Å². The van der Waals surface area contributed by atoms with Crippen molar-refractivity contribution in [3.8, 4) is 11.4 Å². The first kappa shape index (κ1) is 20.0. The van der Waals surface area contributed by atoms with Gasteiger partial charge in [-0.05, 0) is 36.8 Å². The summed E-state index contributed by atoms with van der Waals surface area (Å²) in [5.74, 6) is 1.82. The van der Waals surface area contributed by atoms with E-state index >= 15 is 0 Å². The van der Waals surface area contributed by atoms with E-state index in [4.69, 9.17) is 4.42 Å². The van der Waals surface area contributed by atoms with Crippen molar-refractivity contribution in [3.63, 3.8) is 0 Å². The lowest BCUT2D eigenvalue weighted by molar-refractivity contribution is -0.115. The first-order valence-electron chi connectivity index (χ1n) is 9.59. The number of benzene rings is 2. The number of hydrogen-bond acceptors (Lipinski definition) is 5. The van der Waals surface area contributed by atoms with Crippen LogP contribution < -0.4 is 4.90 Å². The fourth-order valence-corrected chi connectivity index (χ4v) is 3.99. The maximum Gasteiger partial charge on any atom is 0.237 e. The maximum atomic E-state index is 12.7. The van der Waals surface area contributed by atoms with Crippen molar-refractivity contribution in [2.75, 3.05) is 17.7 Å². The molecule has 0 saturated carbocycles. The Morgan fingerprint density at radius 2 is 1.80 bits per heavy atom. The highest BCUT2D eigenvalue weighted by atomic mass is 32.2. The van der Waals surface area contributed by atoms with Gasteiger partial charge in [0.25, 0.3) is 0 Å². The molecule has 0 aliphatic heterocycles. The molecular formula is C23H22N4O2S. The Balaban J connectivity index is 1.58. The number of aryl methyl sites for hydroxylation is 1. The zero-order chi connectivity index (χ0) is 20.9. The van der Waals surface area contributed by atoms with E-state index in [1.807, 2.05) is 78.2 Å². The molecular weight excluding hydrogens is 396 g/mol. The standard InChI is InChI=1S/C23H22N4O2S/c1-17-9-6-7-13-20(17)22-24-25-23(27(22)15-19-12-8-14-29-19)30-16-21(28)26(2)18-10-4-3-5-11-18/h3-14H,15-16H2,1-2H3. The second-order valence-electron chi connectivity index (χ2n) is 6.86. The quantitative estimate of drug-likeness (QED) is 0.409. The summed E-state index contributed by atoms with van der Waals surface area (Å²) in [7, 11) is 1.78. The van der Waals surface area contributed by atoms with Crippen LogP contribution in [0.3, 0.4) is 0 Å². The van der Waals surface area contributed by atoms with Crippen molar-refractivity contribution in [1.29, 1.82) is 0 Å². The molecule has 7 heteroatoms. The summed E-state index contributed by atoms with van der Waals surface area (Å²) in [6, 6.07) is 21.4. The van der Waals surface area contributed by atoms with E-state index in [-0.39, 0.29) is 11.7 Å². The monoisotopic (exact) mass is 418 g/mol. The van der Waals surface area contributed by atoms with Gasteiger partial charge in [0, 0.05) is 18.3 Å². The molecule has 152 valence electrons. The van der Waals surface area contributed by atoms with Crippen molar-refractivity contribution < 1.29 is 9.21 Å². The molecule has 0 saturated heterocycles. The van der Waals surface area contributed by atoms with Gasteiger partial charge >= 0.3 is 0 Å². The highest BCUT2D eigenvalue weighted by Gasteiger charge is 2.19. The number of carbonyl (C=O) groups is 1. The second-order valence-corrected chi connectivity index (χ2v) is 7.81. The van der Waals surface area contributed by atoms with Gasteiger partial charge in [-0.25, -0.2) is 0 Å². The average Bonchev–Trinajstić information content (AvgIpc) is 3.43. The lowest BCUT2D eigenvalue weighted by atomic mass is 10.1. The van der Waals surface area contributed by atoms with Crippen LogP contribution in [0.2, 0.25) is 0 Å². The number of carbonyl (C=O) groups excluding carboxylic acids is 1. The van der Waals surface area contributed by atoms with Gasteiger partial charge in [0.15, 0.2) is 11.0 Å². The molecule has 0 unspecified atom stereocenters. The molecule has 0 N–H and O–H groups in total. The summed E-state index contributed by atoms with van der Waals surface area (Å²) >= 11 is 1.38. The molecule has 0 fully saturated rings. The van der Waals surface area contributed by atoms with E-state index in [9.17, 15) is 4.79 Å². The molecule has 0 spiro atoms. The summed E-state index contributed by atoms with van der Waals surface area (Å²) < 4.78 is 7.55. The van der Waals surface area contributed by atoms with Crippen molar-refractivity contribution in [2.45, 2.75) is 18.6 Å². The van der Waals surface area contributed by atoms with Crippen LogP contribution in [0, 0.1) is 6.92 Å².